The maximum absolute atomic E-state index is 15.5. The Hall–Kier alpha value is -2.81. The van der Waals surface area contributed by atoms with Gasteiger partial charge in [0.05, 0.1) is 12.2 Å². The molecule has 0 radical (unpaired) electrons. The average molecular weight is 510 g/mol. The Morgan fingerprint density at radius 2 is 1.73 bits per heavy atom. The van der Waals surface area contributed by atoms with Crippen LogP contribution >= 0.6 is 0 Å². The fraction of sp³-hybridized carbons (Fsp3) is 0.643. The number of benzene rings is 1. The van der Waals surface area contributed by atoms with Crippen molar-refractivity contribution in [2.45, 2.75) is 88.9 Å². The second-order valence-electron chi connectivity index (χ2n) is 11.3. The molecular weight excluding hydrogens is 469 g/mol. The van der Waals surface area contributed by atoms with Gasteiger partial charge in [0.1, 0.15) is 17.3 Å². The fourth-order valence-corrected chi connectivity index (χ4v) is 5.76. The minimum atomic E-state index is -1.36. The van der Waals surface area contributed by atoms with E-state index >= 15 is 4.39 Å². The maximum Gasteiger partial charge on any atom is 0.173 e. The van der Waals surface area contributed by atoms with E-state index in [-0.39, 0.29) is 12.1 Å². The van der Waals surface area contributed by atoms with E-state index < -0.39 is 5.67 Å². The number of hydrogen-bond acceptors (Lipinski definition) is 6. The summed E-state index contributed by atoms with van der Waals surface area (Å²) >= 11 is 0. The van der Waals surface area contributed by atoms with Crippen molar-refractivity contribution in [3.05, 3.63) is 53.4 Å². The Morgan fingerprint density at radius 1 is 1.00 bits per heavy atom. The lowest BCUT2D eigenvalue weighted by molar-refractivity contribution is 0.0632. The highest BCUT2D eigenvalue weighted by Gasteiger charge is 2.39. The van der Waals surface area contributed by atoms with Gasteiger partial charge in [0.25, 0.3) is 0 Å². The number of rotatable bonds is 7. The van der Waals surface area contributed by atoms with Crippen LogP contribution in [-0.2, 0) is 12.7 Å². The van der Waals surface area contributed by atoms with Crippen molar-refractivity contribution in [2.24, 2.45) is 7.05 Å². The Labute approximate surface area is 219 Å². The van der Waals surface area contributed by atoms with Crippen molar-refractivity contribution in [1.29, 1.82) is 0 Å². The molecule has 200 valence electrons. The molecule has 0 bridgehead atoms. The van der Waals surface area contributed by atoms with E-state index in [9.17, 15) is 0 Å². The van der Waals surface area contributed by atoms with Gasteiger partial charge in [-0.3, -0.25) is 0 Å². The van der Waals surface area contributed by atoms with Crippen molar-refractivity contribution in [1.82, 2.24) is 34.7 Å². The molecule has 3 heterocycles. The summed E-state index contributed by atoms with van der Waals surface area (Å²) in [7, 11) is 4.07. The first-order valence-corrected chi connectivity index (χ1v) is 13.7. The van der Waals surface area contributed by atoms with Gasteiger partial charge < -0.3 is 14.2 Å². The molecule has 0 N–H and O–H groups in total. The largest absolute Gasteiger partial charge is 0.483 e. The SMILES string of the molecule is CC(C)c1cccc(O[C@H](C)c2nnc([C@H]3CC[C@H](n4cc(C5(F)CCN(C)CC5)nn4)CC3)n2C)c1. The highest BCUT2D eigenvalue weighted by molar-refractivity contribution is 5.30. The first-order valence-electron chi connectivity index (χ1n) is 13.7. The van der Waals surface area contributed by atoms with Gasteiger partial charge in [-0.25, -0.2) is 9.07 Å². The molecular formula is C28H40FN7O. The summed E-state index contributed by atoms with van der Waals surface area (Å²) in [6.07, 6.45) is 6.52. The average Bonchev–Trinajstić information content (AvgIpc) is 3.54. The number of aromatic nitrogens is 6. The summed E-state index contributed by atoms with van der Waals surface area (Å²) in [4.78, 5) is 2.17. The minimum absolute atomic E-state index is 0.203. The Bertz CT molecular complexity index is 1190. The number of alkyl halides is 1. The molecule has 0 spiro atoms. The number of hydrogen-bond donors (Lipinski definition) is 0. The predicted molar refractivity (Wildman–Crippen MR) is 140 cm³/mol. The zero-order valence-corrected chi connectivity index (χ0v) is 22.8. The summed E-state index contributed by atoms with van der Waals surface area (Å²) in [6, 6.07) is 8.51. The van der Waals surface area contributed by atoms with Crippen LogP contribution in [0.3, 0.4) is 0 Å². The summed E-state index contributed by atoms with van der Waals surface area (Å²) in [5.41, 5.74) is 0.396. The minimum Gasteiger partial charge on any atom is -0.483 e. The quantitative estimate of drug-likeness (QED) is 0.421. The van der Waals surface area contributed by atoms with E-state index in [4.69, 9.17) is 4.74 Å². The molecule has 1 aliphatic carbocycles. The van der Waals surface area contributed by atoms with E-state index in [1.807, 2.05) is 44.0 Å². The standard InChI is InChI=1S/C28H40FN7O/c1-19(2)22-7-6-8-24(17-22)37-20(3)26-31-32-27(35(26)5)21-9-11-23(12-10-21)36-18-25(30-33-36)28(29)13-15-34(4)16-14-28/h6-8,17-21,23H,9-16H2,1-5H3/t20-,21-,23-/m1/s1. The van der Waals surface area contributed by atoms with Crippen LogP contribution in [0.15, 0.2) is 30.5 Å². The Balaban J connectivity index is 1.20. The van der Waals surface area contributed by atoms with Crippen molar-refractivity contribution >= 4 is 0 Å². The van der Waals surface area contributed by atoms with E-state index in [1.165, 1.54) is 5.56 Å². The van der Waals surface area contributed by atoms with E-state index in [0.29, 0.717) is 30.4 Å². The number of piperidine rings is 1. The second kappa shape index (κ2) is 10.5. The highest BCUT2D eigenvalue weighted by Crippen LogP contribution is 2.39. The van der Waals surface area contributed by atoms with Crippen LogP contribution in [0.25, 0.3) is 0 Å². The van der Waals surface area contributed by atoms with Crippen molar-refractivity contribution in [2.75, 3.05) is 20.1 Å². The first-order chi connectivity index (χ1) is 17.7. The van der Waals surface area contributed by atoms with E-state index in [0.717, 1.165) is 56.2 Å². The number of halogens is 1. The molecule has 3 aromatic rings. The van der Waals surface area contributed by atoms with Gasteiger partial charge in [-0.05, 0) is 63.3 Å². The topological polar surface area (TPSA) is 73.9 Å². The molecule has 37 heavy (non-hydrogen) atoms. The van der Waals surface area contributed by atoms with Gasteiger partial charge >= 0.3 is 0 Å². The molecule has 2 aliphatic rings. The van der Waals surface area contributed by atoms with Gasteiger partial charge in [-0.1, -0.05) is 31.2 Å². The number of ether oxygens (including phenoxy) is 1. The van der Waals surface area contributed by atoms with Crippen LogP contribution in [0, 0.1) is 0 Å². The van der Waals surface area contributed by atoms with Crippen molar-refractivity contribution in [3.63, 3.8) is 0 Å². The first kappa shape index (κ1) is 25.8. The zero-order valence-electron chi connectivity index (χ0n) is 22.8. The molecule has 1 aromatic carbocycles. The van der Waals surface area contributed by atoms with Crippen LogP contribution in [0.2, 0.25) is 0 Å². The molecule has 0 amide bonds. The third-order valence-electron chi connectivity index (χ3n) is 8.33. The van der Waals surface area contributed by atoms with Crippen molar-refractivity contribution in [3.8, 4) is 5.75 Å². The van der Waals surface area contributed by atoms with Gasteiger partial charge in [0, 0.05) is 38.9 Å². The molecule has 8 nitrogen and oxygen atoms in total. The summed E-state index contributed by atoms with van der Waals surface area (Å²) in [5, 5.41) is 17.7. The third kappa shape index (κ3) is 5.42. The molecule has 1 aliphatic heterocycles. The highest BCUT2D eigenvalue weighted by atomic mass is 19.1. The van der Waals surface area contributed by atoms with Crippen molar-refractivity contribution < 1.29 is 9.13 Å². The second-order valence-corrected chi connectivity index (χ2v) is 11.3. The molecule has 1 saturated heterocycles. The van der Waals surface area contributed by atoms with Crippen LogP contribution in [0.1, 0.15) is 106 Å². The summed E-state index contributed by atoms with van der Waals surface area (Å²) < 4.78 is 25.7. The van der Waals surface area contributed by atoms with Crippen LogP contribution < -0.4 is 4.74 Å². The molecule has 5 rings (SSSR count). The summed E-state index contributed by atoms with van der Waals surface area (Å²) in [5.74, 6) is 3.48. The van der Waals surface area contributed by atoms with E-state index in [1.54, 1.807) is 0 Å². The lowest BCUT2D eigenvalue weighted by atomic mass is 9.85. The zero-order chi connectivity index (χ0) is 26.2. The Kier molecular flexibility index (Phi) is 7.34. The third-order valence-corrected chi connectivity index (χ3v) is 8.33. The van der Waals surface area contributed by atoms with Gasteiger partial charge in [0.2, 0.25) is 0 Å². The van der Waals surface area contributed by atoms with E-state index in [2.05, 4.69) is 56.0 Å². The van der Waals surface area contributed by atoms with Gasteiger partial charge in [-0.15, -0.1) is 15.3 Å². The monoisotopic (exact) mass is 509 g/mol. The van der Waals surface area contributed by atoms with Gasteiger partial charge in [0.15, 0.2) is 17.6 Å². The lowest BCUT2D eigenvalue weighted by Gasteiger charge is -2.33. The maximum atomic E-state index is 15.5. The molecule has 1 saturated carbocycles. The number of nitrogens with zero attached hydrogens (tertiary/aromatic N) is 7. The molecule has 9 heteroatoms. The molecule has 1 atom stereocenters. The van der Waals surface area contributed by atoms with Crippen LogP contribution in [-0.4, -0.2) is 54.8 Å². The van der Waals surface area contributed by atoms with Crippen LogP contribution in [0.4, 0.5) is 4.39 Å². The normalized spacial score (nSPS) is 23.3. The number of likely N-dealkylation sites (tertiary alicyclic amines) is 1. The van der Waals surface area contributed by atoms with Gasteiger partial charge in [-0.2, -0.15) is 0 Å². The fourth-order valence-electron chi connectivity index (χ4n) is 5.76. The Morgan fingerprint density at radius 3 is 2.43 bits per heavy atom. The molecule has 2 fully saturated rings. The predicted octanol–water partition coefficient (Wildman–Crippen LogP) is 5.46. The molecule has 2 aromatic heterocycles. The van der Waals surface area contributed by atoms with Crippen LogP contribution in [0.5, 0.6) is 5.75 Å². The smallest absolute Gasteiger partial charge is 0.173 e. The summed E-state index contributed by atoms with van der Waals surface area (Å²) in [6.45, 7) is 7.89. The molecule has 0 unspecified atom stereocenters. The lowest BCUT2D eigenvalue weighted by Crippen LogP contribution is -2.38.